The maximum Gasteiger partial charge on any atom is 0.307 e. The van der Waals surface area contributed by atoms with Crippen molar-refractivity contribution in [2.75, 3.05) is 0 Å². The Morgan fingerprint density at radius 3 is 2.26 bits per heavy atom. The summed E-state index contributed by atoms with van der Waals surface area (Å²) in [6.45, 7) is 0. The minimum absolute atomic E-state index is 0.0165. The Hall–Kier alpha value is -1.88. The Morgan fingerprint density at radius 2 is 1.65 bits per heavy atom. The number of rotatable bonds is 3. The van der Waals surface area contributed by atoms with Gasteiger partial charge in [-0.1, -0.05) is 34.8 Å². The van der Waals surface area contributed by atoms with Crippen LogP contribution in [-0.4, -0.2) is 21.2 Å². The van der Waals surface area contributed by atoms with E-state index in [-0.39, 0.29) is 17.2 Å². The monoisotopic (exact) mass is 369 g/mol. The van der Waals surface area contributed by atoms with E-state index in [0.717, 1.165) is 0 Å². The van der Waals surface area contributed by atoms with E-state index in [0.29, 0.717) is 37.6 Å². The Kier molecular flexibility index (Phi) is 4.15. The summed E-state index contributed by atoms with van der Waals surface area (Å²) in [7, 11) is 0. The zero-order valence-corrected chi connectivity index (χ0v) is 13.8. The second-order valence-electron chi connectivity index (χ2n) is 5.06. The Bertz CT molecular complexity index is 911. The molecule has 118 valence electrons. The molecule has 0 aliphatic rings. The molecule has 0 aliphatic heterocycles. The van der Waals surface area contributed by atoms with Crippen LogP contribution in [-0.2, 0) is 11.2 Å². The third-order valence-corrected chi connectivity index (χ3v) is 4.70. The standard InChI is InChI=1S/C16H10Cl3NO3/c17-10-1-7(2-11(18)16(10)19)8-3-12-15(13(21)4-8)9(6-20-12)5-14(22)23/h1-4,6,20-21H,5H2,(H,22,23). The van der Waals surface area contributed by atoms with E-state index < -0.39 is 5.97 Å². The first-order valence-corrected chi connectivity index (χ1v) is 7.70. The smallest absolute Gasteiger partial charge is 0.307 e. The third kappa shape index (κ3) is 2.98. The number of H-pyrrole nitrogens is 1. The number of carboxylic acids is 1. The normalized spacial score (nSPS) is 11.1. The number of nitrogens with one attached hydrogen (secondary N) is 1. The van der Waals surface area contributed by atoms with Gasteiger partial charge in [-0.05, 0) is 41.0 Å². The zero-order valence-electron chi connectivity index (χ0n) is 11.5. The SMILES string of the molecule is O=C(O)Cc1c[nH]c2cc(-c3cc(Cl)c(Cl)c(Cl)c3)cc(O)c12. The van der Waals surface area contributed by atoms with Crippen LogP contribution < -0.4 is 0 Å². The molecule has 0 aliphatic carbocycles. The van der Waals surface area contributed by atoms with Gasteiger partial charge < -0.3 is 15.2 Å². The number of aromatic hydroxyl groups is 1. The molecule has 0 unspecified atom stereocenters. The van der Waals surface area contributed by atoms with Crippen LogP contribution in [0.4, 0.5) is 0 Å². The second-order valence-corrected chi connectivity index (χ2v) is 6.25. The summed E-state index contributed by atoms with van der Waals surface area (Å²) in [6.07, 6.45) is 1.40. The van der Waals surface area contributed by atoms with Crippen molar-refractivity contribution in [3.63, 3.8) is 0 Å². The summed E-state index contributed by atoms with van der Waals surface area (Å²) in [5.41, 5.74) is 2.51. The van der Waals surface area contributed by atoms with Crippen LogP contribution in [0.5, 0.6) is 5.75 Å². The van der Waals surface area contributed by atoms with Crippen molar-refractivity contribution in [2.24, 2.45) is 0 Å². The van der Waals surface area contributed by atoms with Gasteiger partial charge in [0.25, 0.3) is 0 Å². The largest absolute Gasteiger partial charge is 0.507 e. The fourth-order valence-corrected chi connectivity index (χ4v) is 3.10. The van der Waals surface area contributed by atoms with E-state index in [1.807, 2.05) is 0 Å². The van der Waals surface area contributed by atoms with Gasteiger partial charge in [0.1, 0.15) is 5.75 Å². The number of phenols is 1. The number of aromatic nitrogens is 1. The summed E-state index contributed by atoms with van der Waals surface area (Å²) in [5, 5.41) is 20.6. The number of hydrogen-bond donors (Lipinski definition) is 3. The van der Waals surface area contributed by atoms with E-state index in [2.05, 4.69) is 4.98 Å². The molecule has 3 N–H and O–H groups in total. The van der Waals surface area contributed by atoms with Crippen LogP contribution in [0.3, 0.4) is 0 Å². The molecule has 4 nitrogen and oxygen atoms in total. The van der Waals surface area contributed by atoms with Gasteiger partial charge in [0, 0.05) is 11.6 Å². The average Bonchev–Trinajstić information content (AvgIpc) is 2.87. The highest BCUT2D eigenvalue weighted by Crippen LogP contribution is 2.38. The fraction of sp³-hybridized carbons (Fsp3) is 0.0625. The second kappa shape index (κ2) is 5.96. The molecule has 23 heavy (non-hydrogen) atoms. The van der Waals surface area contributed by atoms with E-state index in [9.17, 15) is 9.90 Å². The molecule has 2 aromatic carbocycles. The van der Waals surface area contributed by atoms with E-state index in [1.54, 1.807) is 24.4 Å². The predicted molar refractivity (Wildman–Crippen MR) is 91.8 cm³/mol. The van der Waals surface area contributed by atoms with Gasteiger partial charge in [0.15, 0.2) is 0 Å². The van der Waals surface area contributed by atoms with Crippen molar-refractivity contribution >= 4 is 51.7 Å². The number of hydrogen-bond acceptors (Lipinski definition) is 2. The Morgan fingerprint density at radius 1 is 1.04 bits per heavy atom. The molecule has 0 saturated carbocycles. The molecule has 0 spiro atoms. The Balaban J connectivity index is 2.16. The maximum atomic E-state index is 10.9. The lowest BCUT2D eigenvalue weighted by Crippen LogP contribution is -1.98. The lowest BCUT2D eigenvalue weighted by molar-refractivity contribution is -0.136. The van der Waals surface area contributed by atoms with Crippen molar-refractivity contribution < 1.29 is 15.0 Å². The summed E-state index contributed by atoms with van der Waals surface area (Å²) in [4.78, 5) is 13.8. The zero-order chi connectivity index (χ0) is 16.7. The molecule has 0 bridgehead atoms. The van der Waals surface area contributed by atoms with E-state index in [4.69, 9.17) is 39.9 Å². The van der Waals surface area contributed by atoms with Crippen molar-refractivity contribution in [1.82, 2.24) is 4.98 Å². The number of phenolic OH excluding ortho intramolecular Hbond substituents is 1. The number of fused-ring (bicyclic) bond motifs is 1. The van der Waals surface area contributed by atoms with Crippen molar-refractivity contribution in [1.29, 1.82) is 0 Å². The highest BCUT2D eigenvalue weighted by atomic mass is 35.5. The number of benzene rings is 2. The van der Waals surface area contributed by atoms with Crippen LogP contribution in [0.2, 0.25) is 15.1 Å². The molecule has 0 saturated heterocycles. The number of carboxylic acid groups (broad SMARTS) is 1. The first-order valence-electron chi connectivity index (χ1n) is 6.56. The van der Waals surface area contributed by atoms with Gasteiger partial charge in [-0.2, -0.15) is 0 Å². The highest BCUT2D eigenvalue weighted by Gasteiger charge is 2.14. The average molecular weight is 371 g/mol. The minimum atomic E-state index is -0.967. The summed E-state index contributed by atoms with van der Waals surface area (Å²) in [5.74, 6) is -0.983. The molecule has 0 amide bonds. The summed E-state index contributed by atoms with van der Waals surface area (Å²) < 4.78 is 0. The van der Waals surface area contributed by atoms with Crippen molar-refractivity contribution in [3.05, 3.63) is 51.1 Å². The molecule has 1 aromatic heterocycles. The molecule has 0 fully saturated rings. The van der Waals surface area contributed by atoms with Crippen molar-refractivity contribution in [2.45, 2.75) is 6.42 Å². The first-order chi connectivity index (χ1) is 10.9. The van der Waals surface area contributed by atoms with Crippen LogP contribution >= 0.6 is 34.8 Å². The topological polar surface area (TPSA) is 73.3 Å². The van der Waals surface area contributed by atoms with Crippen LogP contribution in [0, 0.1) is 0 Å². The minimum Gasteiger partial charge on any atom is -0.507 e. The van der Waals surface area contributed by atoms with Crippen LogP contribution in [0.25, 0.3) is 22.0 Å². The molecule has 0 atom stereocenters. The van der Waals surface area contributed by atoms with Gasteiger partial charge in [0.2, 0.25) is 0 Å². The van der Waals surface area contributed by atoms with Gasteiger partial charge in [0.05, 0.1) is 27.0 Å². The number of halogens is 3. The molecule has 3 aromatic rings. The van der Waals surface area contributed by atoms with Gasteiger partial charge >= 0.3 is 5.97 Å². The van der Waals surface area contributed by atoms with Gasteiger partial charge in [-0.25, -0.2) is 0 Å². The molecular weight excluding hydrogens is 361 g/mol. The van der Waals surface area contributed by atoms with Crippen LogP contribution in [0.1, 0.15) is 5.56 Å². The highest BCUT2D eigenvalue weighted by molar-refractivity contribution is 6.48. The van der Waals surface area contributed by atoms with E-state index in [1.165, 1.54) is 6.07 Å². The summed E-state index contributed by atoms with van der Waals surface area (Å²) >= 11 is 18.0. The molecular formula is C16H10Cl3NO3. The number of carbonyl (C=O) groups is 1. The lowest BCUT2D eigenvalue weighted by atomic mass is 10.0. The van der Waals surface area contributed by atoms with E-state index >= 15 is 0 Å². The molecule has 0 radical (unpaired) electrons. The number of aliphatic carboxylic acids is 1. The van der Waals surface area contributed by atoms with Gasteiger partial charge in [-0.3, -0.25) is 4.79 Å². The molecule has 1 heterocycles. The molecule has 7 heteroatoms. The van der Waals surface area contributed by atoms with Crippen molar-refractivity contribution in [3.8, 4) is 16.9 Å². The van der Waals surface area contributed by atoms with Gasteiger partial charge in [-0.15, -0.1) is 0 Å². The molecule has 3 rings (SSSR count). The first kappa shape index (κ1) is 16.0. The predicted octanol–water partition coefficient (Wildman–Crippen LogP) is 5.13. The quantitative estimate of drug-likeness (QED) is 0.560. The summed E-state index contributed by atoms with van der Waals surface area (Å²) in [6, 6.07) is 6.63. The lowest BCUT2D eigenvalue weighted by Gasteiger charge is -2.08. The third-order valence-electron chi connectivity index (χ3n) is 3.50. The number of aromatic amines is 1. The Labute approximate surface area is 146 Å². The maximum absolute atomic E-state index is 10.9. The fourth-order valence-electron chi connectivity index (χ4n) is 2.51. The van der Waals surface area contributed by atoms with Crippen LogP contribution in [0.15, 0.2) is 30.5 Å².